The number of aliphatic hydroxyl groups is 4. The SMILES string of the molecule is COc1cccc2c1C(=O)c1c(O)c3c(c(O)c1C2=O)C[C@@](O)(C(=O)CO)C[C@@H]3OC1OC(C(F)(F)F)C(O)C(O)C1F. The number of hydrogen-bond acceptors (Lipinski definition) is 12. The summed E-state index contributed by atoms with van der Waals surface area (Å²) in [5.74, 6) is -5.38. The quantitative estimate of drug-likeness (QED) is 0.172. The Bertz CT molecular complexity index is 1520. The number of hydrogen-bond donors (Lipinski definition) is 6. The van der Waals surface area contributed by atoms with Crippen LogP contribution in [-0.4, -0.2) is 104 Å². The molecule has 0 aromatic heterocycles. The predicted molar refractivity (Wildman–Crippen MR) is 130 cm³/mol. The molecule has 5 unspecified atom stereocenters. The van der Waals surface area contributed by atoms with Crippen molar-refractivity contribution in [2.45, 2.75) is 61.5 Å². The Labute approximate surface area is 238 Å². The van der Waals surface area contributed by atoms with Gasteiger partial charge in [0.2, 0.25) is 5.78 Å². The number of aliphatic hydroxyl groups excluding tert-OH is 3. The smallest absolute Gasteiger partial charge is 0.417 e. The molecule has 2 aromatic rings. The molecule has 0 saturated carbocycles. The molecular formula is C27H24F4O12. The maximum atomic E-state index is 15.0. The van der Waals surface area contributed by atoms with Gasteiger partial charge in [0, 0.05) is 29.5 Å². The summed E-state index contributed by atoms with van der Waals surface area (Å²) >= 11 is 0. The Hall–Kier alpha value is -3.67. The van der Waals surface area contributed by atoms with Crippen LogP contribution in [0.5, 0.6) is 17.2 Å². The number of rotatable bonds is 5. The van der Waals surface area contributed by atoms with E-state index in [4.69, 9.17) is 9.47 Å². The molecule has 7 atom stereocenters. The molecule has 6 N–H and O–H groups in total. The fourth-order valence-electron chi connectivity index (χ4n) is 5.76. The second-order valence-electron chi connectivity index (χ2n) is 10.4. The second-order valence-corrected chi connectivity index (χ2v) is 10.4. The van der Waals surface area contributed by atoms with Crippen molar-refractivity contribution in [1.82, 2.24) is 0 Å². The first-order chi connectivity index (χ1) is 20.1. The average molecular weight is 616 g/mol. The lowest BCUT2D eigenvalue weighted by Crippen LogP contribution is -2.61. The maximum Gasteiger partial charge on any atom is 0.417 e. The van der Waals surface area contributed by atoms with Crippen molar-refractivity contribution < 1.29 is 76.8 Å². The molecule has 1 heterocycles. The first-order valence-electron chi connectivity index (χ1n) is 12.7. The lowest BCUT2D eigenvalue weighted by atomic mass is 9.72. The van der Waals surface area contributed by atoms with Crippen LogP contribution in [0.1, 0.15) is 55.5 Å². The molecule has 1 fully saturated rings. The number of alkyl halides is 4. The number of methoxy groups -OCH3 is 1. The van der Waals surface area contributed by atoms with Gasteiger partial charge in [-0.3, -0.25) is 14.4 Å². The van der Waals surface area contributed by atoms with E-state index >= 15 is 0 Å². The van der Waals surface area contributed by atoms with E-state index in [1.54, 1.807) is 0 Å². The summed E-state index contributed by atoms with van der Waals surface area (Å²) in [6.07, 6.45) is -23.3. The minimum Gasteiger partial charge on any atom is -0.507 e. The molecule has 16 heteroatoms. The summed E-state index contributed by atoms with van der Waals surface area (Å²) in [5, 5.41) is 62.9. The summed E-state index contributed by atoms with van der Waals surface area (Å²) in [6.45, 7) is -1.27. The molecule has 12 nitrogen and oxygen atoms in total. The van der Waals surface area contributed by atoms with Crippen LogP contribution in [0, 0.1) is 0 Å². The van der Waals surface area contributed by atoms with Crippen LogP contribution in [0.25, 0.3) is 0 Å². The number of carbonyl (C=O) groups excluding carboxylic acids is 3. The summed E-state index contributed by atoms with van der Waals surface area (Å²) in [4.78, 5) is 39.6. The molecule has 5 rings (SSSR count). The minimum atomic E-state index is -5.32. The zero-order valence-corrected chi connectivity index (χ0v) is 22.0. The Balaban J connectivity index is 1.69. The number of phenols is 2. The summed E-state index contributed by atoms with van der Waals surface area (Å²) in [7, 11) is 1.20. The van der Waals surface area contributed by atoms with Gasteiger partial charge in [0.15, 0.2) is 30.1 Å². The van der Waals surface area contributed by atoms with Gasteiger partial charge in [-0.1, -0.05) is 12.1 Å². The van der Waals surface area contributed by atoms with Crippen molar-refractivity contribution in [3.63, 3.8) is 0 Å². The Morgan fingerprint density at radius 2 is 1.72 bits per heavy atom. The highest BCUT2D eigenvalue weighted by molar-refractivity contribution is 6.31. The van der Waals surface area contributed by atoms with Gasteiger partial charge in [0.25, 0.3) is 0 Å². The van der Waals surface area contributed by atoms with E-state index in [1.807, 2.05) is 0 Å². The number of phenolic OH excluding ortho intramolecular Hbond substituents is 2. The van der Waals surface area contributed by atoms with Crippen LogP contribution in [0.15, 0.2) is 18.2 Å². The van der Waals surface area contributed by atoms with Crippen LogP contribution >= 0.6 is 0 Å². The van der Waals surface area contributed by atoms with Gasteiger partial charge in [-0.25, -0.2) is 4.39 Å². The van der Waals surface area contributed by atoms with Crippen LogP contribution in [-0.2, 0) is 20.7 Å². The summed E-state index contributed by atoms with van der Waals surface area (Å²) in [5.41, 5.74) is -5.82. The minimum absolute atomic E-state index is 0.0737. The number of benzene rings is 2. The van der Waals surface area contributed by atoms with E-state index in [1.165, 1.54) is 25.3 Å². The monoisotopic (exact) mass is 616 g/mol. The van der Waals surface area contributed by atoms with Gasteiger partial charge in [-0.05, 0) is 6.07 Å². The largest absolute Gasteiger partial charge is 0.507 e. The van der Waals surface area contributed by atoms with E-state index < -0.39 is 119 Å². The molecule has 43 heavy (non-hydrogen) atoms. The number of Topliss-reactive ketones (excluding diaryl/α,β-unsaturated/α-hetero) is 1. The number of aromatic hydroxyl groups is 2. The first kappa shape index (κ1) is 30.8. The molecule has 0 amide bonds. The first-order valence-corrected chi connectivity index (χ1v) is 12.7. The van der Waals surface area contributed by atoms with E-state index in [0.717, 1.165) is 0 Å². The number of ether oxygens (including phenoxy) is 3. The lowest BCUT2D eigenvalue weighted by molar-refractivity contribution is -0.353. The third kappa shape index (κ3) is 4.65. The van der Waals surface area contributed by atoms with Gasteiger partial charge < -0.3 is 44.8 Å². The van der Waals surface area contributed by atoms with Crippen LogP contribution in [0.2, 0.25) is 0 Å². The Morgan fingerprint density at radius 1 is 1.07 bits per heavy atom. The topological polar surface area (TPSA) is 200 Å². The highest BCUT2D eigenvalue weighted by Gasteiger charge is 2.58. The van der Waals surface area contributed by atoms with Gasteiger partial charge in [0.05, 0.1) is 29.9 Å². The molecule has 2 aliphatic carbocycles. The van der Waals surface area contributed by atoms with E-state index in [-0.39, 0.29) is 16.9 Å². The zero-order chi connectivity index (χ0) is 31.8. The van der Waals surface area contributed by atoms with Crippen molar-refractivity contribution in [1.29, 1.82) is 0 Å². The number of ketones is 3. The third-order valence-electron chi connectivity index (χ3n) is 7.89. The summed E-state index contributed by atoms with van der Waals surface area (Å²) < 4.78 is 70.6. The molecular weight excluding hydrogens is 592 g/mol. The van der Waals surface area contributed by atoms with Crippen molar-refractivity contribution in [2.24, 2.45) is 0 Å². The molecule has 0 radical (unpaired) electrons. The van der Waals surface area contributed by atoms with Crippen LogP contribution in [0.3, 0.4) is 0 Å². The standard InChI is InChI=1S/C27H24F4O12/c1-41-10-4-2-3-8-13(10)20(36)16-15(18(8)34)19(35)9-5-26(40,12(33)7-32)6-11(14(9)21(16)37)42-25-17(28)22(38)23(39)24(43-25)27(29,30)31/h2-4,11,17,22-25,32,35,37-40H,5-7H2,1H3/t11-,17?,22?,23?,24?,25?,26-/m0/s1. The van der Waals surface area contributed by atoms with E-state index in [2.05, 4.69) is 4.74 Å². The number of fused-ring (bicyclic) bond motifs is 3. The van der Waals surface area contributed by atoms with E-state index in [0.29, 0.717) is 0 Å². The van der Waals surface area contributed by atoms with Gasteiger partial charge in [-0.2, -0.15) is 13.2 Å². The van der Waals surface area contributed by atoms with Crippen LogP contribution < -0.4 is 4.74 Å². The Kier molecular flexibility index (Phi) is 7.51. The summed E-state index contributed by atoms with van der Waals surface area (Å²) in [6, 6.07) is 3.96. The fourth-order valence-corrected chi connectivity index (χ4v) is 5.76. The molecule has 0 spiro atoms. The second kappa shape index (κ2) is 10.5. The molecule has 1 aliphatic heterocycles. The third-order valence-corrected chi connectivity index (χ3v) is 7.89. The average Bonchev–Trinajstić information content (AvgIpc) is 2.96. The van der Waals surface area contributed by atoms with Gasteiger partial charge in [-0.15, -0.1) is 0 Å². The molecule has 0 bridgehead atoms. The van der Waals surface area contributed by atoms with Crippen molar-refractivity contribution in [3.05, 3.63) is 51.6 Å². The highest BCUT2D eigenvalue weighted by Crippen LogP contribution is 2.53. The van der Waals surface area contributed by atoms with Gasteiger partial charge in [0.1, 0.15) is 41.7 Å². The Morgan fingerprint density at radius 3 is 2.33 bits per heavy atom. The van der Waals surface area contributed by atoms with E-state index in [9.17, 15) is 62.6 Å². The van der Waals surface area contributed by atoms with Gasteiger partial charge >= 0.3 is 6.18 Å². The number of halogens is 4. The van der Waals surface area contributed by atoms with Crippen LogP contribution in [0.4, 0.5) is 17.6 Å². The predicted octanol–water partition coefficient (Wildman–Crippen LogP) is 0.525. The fraction of sp³-hybridized carbons (Fsp3) is 0.444. The highest BCUT2D eigenvalue weighted by atomic mass is 19.4. The zero-order valence-electron chi connectivity index (χ0n) is 22.0. The van der Waals surface area contributed by atoms with Crippen molar-refractivity contribution in [2.75, 3.05) is 13.7 Å². The lowest BCUT2D eigenvalue weighted by Gasteiger charge is -2.43. The maximum absolute atomic E-state index is 15.0. The molecule has 3 aliphatic rings. The van der Waals surface area contributed by atoms with Crippen molar-refractivity contribution >= 4 is 17.3 Å². The van der Waals surface area contributed by atoms with Crippen molar-refractivity contribution in [3.8, 4) is 17.2 Å². The number of carbonyl (C=O) groups is 3. The molecule has 2 aromatic carbocycles. The molecule has 232 valence electrons. The normalized spacial score (nSPS) is 30.3. The molecule has 1 saturated heterocycles.